The Morgan fingerprint density at radius 2 is 2.33 bits per heavy atom. The maximum absolute atomic E-state index is 12.2. The summed E-state index contributed by atoms with van der Waals surface area (Å²) in [7, 11) is 1.78. The Bertz CT molecular complexity index is 425. The number of aliphatic hydroxyl groups is 1. The van der Waals surface area contributed by atoms with Gasteiger partial charge in [-0.3, -0.25) is 4.79 Å². The summed E-state index contributed by atoms with van der Waals surface area (Å²) in [6.45, 7) is 1.18. The van der Waals surface area contributed by atoms with Crippen LogP contribution in [-0.2, 0) is 16.0 Å². The molecule has 100 valence electrons. The molecule has 0 atom stereocenters. The zero-order valence-corrected chi connectivity index (χ0v) is 12.6. The van der Waals surface area contributed by atoms with Crippen molar-refractivity contribution in [1.29, 1.82) is 0 Å². The Hall–Kier alpha value is -0.430. The van der Waals surface area contributed by atoms with Crippen molar-refractivity contribution in [2.75, 3.05) is 33.4 Å². The molecule has 1 saturated heterocycles. The third-order valence-corrected chi connectivity index (χ3v) is 4.87. The van der Waals surface area contributed by atoms with Crippen LogP contribution in [-0.4, -0.2) is 49.3 Å². The van der Waals surface area contributed by atoms with Crippen molar-refractivity contribution in [2.45, 2.75) is 6.42 Å². The number of nitrogens with zero attached hydrogens (tertiary/aromatic N) is 1. The minimum absolute atomic E-state index is 0.0214. The summed E-state index contributed by atoms with van der Waals surface area (Å²) in [5, 5.41) is 9.31. The number of carbonyl (C=O) groups excluding carboxylic acids is 1. The number of thiophene rings is 1. The Labute approximate surface area is 119 Å². The van der Waals surface area contributed by atoms with Crippen LogP contribution in [0.15, 0.2) is 15.9 Å². The van der Waals surface area contributed by atoms with Crippen LogP contribution in [0.2, 0.25) is 0 Å². The minimum Gasteiger partial charge on any atom is -0.395 e. The molecule has 0 spiro atoms. The highest BCUT2D eigenvalue weighted by Crippen LogP contribution is 2.29. The van der Waals surface area contributed by atoms with Crippen LogP contribution in [0, 0.1) is 5.41 Å². The number of hydrogen-bond acceptors (Lipinski definition) is 4. The fourth-order valence-corrected chi connectivity index (χ4v) is 3.37. The van der Waals surface area contributed by atoms with E-state index in [1.165, 1.54) is 4.88 Å². The van der Waals surface area contributed by atoms with Gasteiger partial charge in [0, 0.05) is 18.5 Å². The molecule has 0 saturated carbocycles. The molecule has 0 aliphatic carbocycles. The average Bonchev–Trinajstić information content (AvgIpc) is 2.71. The molecule has 4 nitrogen and oxygen atoms in total. The summed E-state index contributed by atoms with van der Waals surface area (Å²) in [6, 6.07) is 4.07. The SMILES string of the molecule is CN(CCc1ccc(Br)s1)C(=O)C1(CO)COC1. The quantitative estimate of drug-likeness (QED) is 0.888. The fourth-order valence-electron chi connectivity index (χ4n) is 1.90. The molecule has 1 fully saturated rings. The van der Waals surface area contributed by atoms with Crippen molar-refractivity contribution in [3.05, 3.63) is 20.8 Å². The Balaban J connectivity index is 1.87. The van der Waals surface area contributed by atoms with E-state index in [2.05, 4.69) is 22.0 Å². The van der Waals surface area contributed by atoms with E-state index in [1.54, 1.807) is 23.3 Å². The van der Waals surface area contributed by atoms with Gasteiger partial charge in [-0.25, -0.2) is 0 Å². The zero-order chi connectivity index (χ0) is 13.2. The normalized spacial score (nSPS) is 17.3. The van der Waals surface area contributed by atoms with Gasteiger partial charge in [-0.15, -0.1) is 11.3 Å². The number of aliphatic hydroxyl groups excluding tert-OH is 1. The van der Waals surface area contributed by atoms with E-state index in [4.69, 9.17) is 4.74 Å². The molecule has 1 aromatic heterocycles. The van der Waals surface area contributed by atoms with Gasteiger partial charge in [0.1, 0.15) is 5.41 Å². The van der Waals surface area contributed by atoms with Crippen LogP contribution >= 0.6 is 27.3 Å². The predicted molar refractivity (Wildman–Crippen MR) is 73.7 cm³/mol. The first-order valence-corrected chi connectivity index (χ1v) is 7.37. The zero-order valence-electron chi connectivity index (χ0n) is 10.2. The standard InChI is InChI=1S/C12H16BrNO3S/c1-14(5-4-9-2-3-10(13)18-9)11(16)12(6-15)7-17-8-12/h2-3,15H,4-8H2,1H3. The first-order chi connectivity index (χ1) is 8.57. The molecule has 1 aromatic rings. The second kappa shape index (κ2) is 5.69. The second-order valence-electron chi connectivity index (χ2n) is 4.61. The molecule has 0 unspecified atom stereocenters. The van der Waals surface area contributed by atoms with E-state index in [0.29, 0.717) is 19.8 Å². The van der Waals surface area contributed by atoms with Gasteiger partial charge in [-0.2, -0.15) is 0 Å². The first kappa shape index (κ1) is 14.0. The maximum atomic E-state index is 12.2. The smallest absolute Gasteiger partial charge is 0.235 e. The molecule has 0 aromatic carbocycles. The molecule has 6 heteroatoms. The van der Waals surface area contributed by atoms with E-state index in [1.807, 2.05) is 6.07 Å². The first-order valence-electron chi connectivity index (χ1n) is 5.76. The molecule has 1 aliphatic rings. The van der Waals surface area contributed by atoms with Crippen molar-refractivity contribution in [2.24, 2.45) is 5.41 Å². The fraction of sp³-hybridized carbons (Fsp3) is 0.583. The van der Waals surface area contributed by atoms with E-state index in [0.717, 1.165) is 10.2 Å². The Morgan fingerprint density at radius 1 is 1.61 bits per heavy atom. The topological polar surface area (TPSA) is 49.8 Å². The van der Waals surface area contributed by atoms with Gasteiger partial charge >= 0.3 is 0 Å². The predicted octanol–water partition coefficient (Wildman–Crippen LogP) is 1.52. The summed E-state index contributed by atoms with van der Waals surface area (Å²) >= 11 is 5.10. The molecule has 0 bridgehead atoms. The molecule has 1 aliphatic heterocycles. The lowest BCUT2D eigenvalue weighted by Gasteiger charge is -2.40. The van der Waals surface area contributed by atoms with Crippen molar-refractivity contribution >= 4 is 33.2 Å². The monoisotopic (exact) mass is 333 g/mol. The molecule has 1 amide bonds. The van der Waals surface area contributed by atoms with Gasteiger partial charge in [-0.1, -0.05) is 0 Å². The number of carbonyl (C=O) groups is 1. The van der Waals surface area contributed by atoms with E-state index >= 15 is 0 Å². The van der Waals surface area contributed by atoms with Crippen LogP contribution in [0.25, 0.3) is 0 Å². The molecule has 2 rings (SSSR count). The van der Waals surface area contributed by atoms with Gasteiger partial charge in [0.05, 0.1) is 23.6 Å². The molecular formula is C12H16BrNO3S. The molecule has 18 heavy (non-hydrogen) atoms. The summed E-state index contributed by atoms with van der Waals surface area (Å²) in [4.78, 5) is 15.1. The van der Waals surface area contributed by atoms with E-state index in [-0.39, 0.29) is 12.5 Å². The molecule has 1 N–H and O–H groups in total. The number of amides is 1. The van der Waals surface area contributed by atoms with Crippen LogP contribution < -0.4 is 0 Å². The largest absolute Gasteiger partial charge is 0.395 e. The lowest BCUT2D eigenvalue weighted by molar-refractivity contribution is -0.179. The third-order valence-electron chi connectivity index (χ3n) is 3.18. The summed E-state index contributed by atoms with van der Waals surface area (Å²) in [5.41, 5.74) is -0.690. The average molecular weight is 334 g/mol. The van der Waals surface area contributed by atoms with Crippen molar-refractivity contribution in [3.8, 4) is 0 Å². The van der Waals surface area contributed by atoms with Crippen LogP contribution in [0.1, 0.15) is 4.88 Å². The van der Waals surface area contributed by atoms with Crippen molar-refractivity contribution < 1.29 is 14.6 Å². The number of likely N-dealkylation sites (N-methyl/N-ethyl adjacent to an activating group) is 1. The summed E-state index contributed by atoms with van der Waals surface area (Å²) in [6.07, 6.45) is 0.834. The highest BCUT2D eigenvalue weighted by atomic mass is 79.9. The van der Waals surface area contributed by atoms with Crippen LogP contribution in [0.4, 0.5) is 0 Å². The highest BCUT2D eigenvalue weighted by molar-refractivity contribution is 9.11. The number of halogens is 1. The van der Waals surface area contributed by atoms with E-state index < -0.39 is 5.41 Å². The lowest BCUT2D eigenvalue weighted by Crippen LogP contribution is -2.56. The van der Waals surface area contributed by atoms with Crippen molar-refractivity contribution in [1.82, 2.24) is 4.90 Å². The maximum Gasteiger partial charge on any atom is 0.235 e. The van der Waals surface area contributed by atoms with Crippen LogP contribution in [0.3, 0.4) is 0 Å². The van der Waals surface area contributed by atoms with Gasteiger partial charge < -0.3 is 14.7 Å². The van der Waals surface area contributed by atoms with Gasteiger partial charge in [-0.05, 0) is 34.5 Å². The van der Waals surface area contributed by atoms with E-state index in [9.17, 15) is 9.90 Å². The Morgan fingerprint density at radius 3 is 2.78 bits per heavy atom. The number of rotatable bonds is 5. The molecule has 0 radical (unpaired) electrons. The number of ether oxygens (including phenoxy) is 1. The van der Waals surface area contributed by atoms with Crippen molar-refractivity contribution in [3.63, 3.8) is 0 Å². The number of hydrogen-bond donors (Lipinski definition) is 1. The van der Waals surface area contributed by atoms with Crippen LogP contribution in [0.5, 0.6) is 0 Å². The molecular weight excluding hydrogens is 318 g/mol. The highest BCUT2D eigenvalue weighted by Gasteiger charge is 2.46. The second-order valence-corrected chi connectivity index (χ2v) is 7.16. The van der Waals surface area contributed by atoms with Gasteiger partial charge in [0.2, 0.25) is 5.91 Å². The summed E-state index contributed by atoms with van der Waals surface area (Å²) in [5.74, 6) is -0.0214. The minimum atomic E-state index is -0.690. The third kappa shape index (κ3) is 2.77. The Kier molecular flexibility index (Phi) is 4.42. The lowest BCUT2D eigenvalue weighted by atomic mass is 9.85. The summed E-state index contributed by atoms with van der Waals surface area (Å²) < 4.78 is 6.16. The van der Waals surface area contributed by atoms with Gasteiger partial charge in [0.15, 0.2) is 0 Å². The molecule has 2 heterocycles. The van der Waals surface area contributed by atoms with Gasteiger partial charge in [0.25, 0.3) is 0 Å².